The van der Waals surface area contributed by atoms with Crippen molar-refractivity contribution in [1.29, 1.82) is 5.41 Å². The quantitative estimate of drug-likeness (QED) is 0.385. The molecular weight excluding hydrogens is 414 g/mol. The summed E-state index contributed by atoms with van der Waals surface area (Å²) in [4.78, 5) is 26.2. The van der Waals surface area contributed by atoms with E-state index in [4.69, 9.17) is 21.7 Å². The van der Waals surface area contributed by atoms with Gasteiger partial charge in [0.05, 0.1) is 27.9 Å². The number of benzene rings is 1. The normalized spacial score (nSPS) is 11.9. The number of nitrogens with zero attached hydrogens (tertiary/aromatic N) is 4. The summed E-state index contributed by atoms with van der Waals surface area (Å²) in [6.45, 7) is 5.39. The van der Waals surface area contributed by atoms with E-state index in [1.807, 2.05) is 0 Å². The molecule has 1 aromatic carbocycles. The second-order valence-electron chi connectivity index (χ2n) is 6.30. The lowest BCUT2D eigenvalue weighted by Gasteiger charge is -2.02. The lowest BCUT2D eigenvalue weighted by molar-refractivity contribution is 0.0525. The number of thiophene rings is 1. The van der Waals surface area contributed by atoms with Crippen molar-refractivity contribution in [3.05, 3.63) is 61.3 Å². The van der Waals surface area contributed by atoms with Crippen molar-refractivity contribution < 1.29 is 9.53 Å². The molecule has 8 nitrogen and oxygen atoms in total. The van der Waals surface area contributed by atoms with Gasteiger partial charge in [-0.05, 0) is 32.9 Å². The predicted octanol–water partition coefficient (Wildman–Crippen LogP) is 4.34. The monoisotopic (exact) mass is 429 g/mol. The number of halogens is 1. The third-order valence-corrected chi connectivity index (χ3v) is 6.01. The Hall–Kier alpha value is -3.04. The molecule has 0 saturated carbocycles. The first-order valence-corrected chi connectivity index (χ1v) is 9.97. The largest absolute Gasteiger partial charge is 0.462 e. The molecule has 0 bridgehead atoms. The fourth-order valence-corrected chi connectivity index (χ4v) is 4.46. The zero-order valence-corrected chi connectivity index (χ0v) is 17.4. The van der Waals surface area contributed by atoms with E-state index in [1.54, 1.807) is 49.6 Å². The summed E-state index contributed by atoms with van der Waals surface area (Å²) in [5, 5.41) is 16.9. The Labute approximate surface area is 173 Å². The lowest BCUT2D eigenvalue weighted by atomic mass is 10.2. The number of aromatic nitrogens is 2. The van der Waals surface area contributed by atoms with Gasteiger partial charge in [0.2, 0.25) is 0 Å². The van der Waals surface area contributed by atoms with Crippen LogP contribution in [0.25, 0.3) is 10.6 Å². The van der Waals surface area contributed by atoms with Gasteiger partial charge in [-0.1, -0.05) is 23.7 Å². The molecule has 1 aromatic heterocycles. The van der Waals surface area contributed by atoms with Gasteiger partial charge in [0.25, 0.3) is 5.56 Å². The smallest absolute Gasteiger partial charge is 0.343 e. The van der Waals surface area contributed by atoms with E-state index in [1.165, 1.54) is 4.52 Å². The van der Waals surface area contributed by atoms with Gasteiger partial charge >= 0.3 is 5.97 Å². The number of rotatable bonds is 4. The van der Waals surface area contributed by atoms with Crippen LogP contribution in [0.1, 0.15) is 28.7 Å². The molecule has 148 valence electrons. The number of carbonyl (C=O) groups excluding carboxylic acids is 1. The van der Waals surface area contributed by atoms with Gasteiger partial charge in [-0.25, -0.2) is 13.8 Å². The lowest BCUT2D eigenvalue weighted by Crippen LogP contribution is -2.15. The van der Waals surface area contributed by atoms with Crippen LogP contribution in [0.15, 0.2) is 39.3 Å². The summed E-state index contributed by atoms with van der Waals surface area (Å²) < 4.78 is 8.27. The first-order valence-electron chi connectivity index (χ1n) is 8.77. The van der Waals surface area contributed by atoms with Crippen molar-refractivity contribution in [1.82, 2.24) is 9.03 Å². The number of carbonyl (C=O) groups is 1. The molecule has 0 atom stereocenters. The highest BCUT2D eigenvalue weighted by Gasteiger charge is 2.31. The maximum atomic E-state index is 13.0. The minimum absolute atomic E-state index is 0.0962. The fourth-order valence-electron chi connectivity index (χ4n) is 3.28. The molecule has 10 heteroatoms. The van der Waals surface area contributed by atoms with Crippen LogP contribution in [0.5, 0.6) is 0 Å². The van der Waals surface area contributed by atoms with Gasteiger partial charge in [0.15, 0.2) is 5.69 Å². The molecule has 0 radical (unpaired) electrons. The molecule has 0 spiro atoms. The fraction of sp³-hybridized carbons (Fsp3) is 0.211. The number of nitrogens with one attached hydrogen (secondary N) is 1. The molecule has 0 fully saturated rings. The van der Waals surface area contributed by atoms with Gasteiger partial charge in [-0.2, -0.15) is 0 Å². The van der Waals surface area contributed by atoms with Crippen LogP contribution in [0.4, 0.5) is 11.4 Å². The van der Waals surface area contributed by atoms with Crippen LogP contribution in [-0.4, -0.2) is 21.6 Å². The Morgan fingerprint density at radius 3 is 2.62 bits per heavy atom. The van der Waals surface area contributed by atoms with Crippen molar-refractivity contribution in [3.8, 4) is 10.6 Å². The zero-order valence-electron chi connectivity index (χ0n) is 15.8. The first kappa shape index (κ1) is 19.3. The molecule has 0 amide bonds. The average molecular weight is 430 g/mol. The van der Waals surface area contributed by atoms with Crippen molar-refractivity contribution >= 4 is 40.3 Å². The Bertz CT molecular complexity index is 1370. The number of fused-ring (bicyclic) bond motifs is 3. The molecule has 2 aromatic rings. The average Bonchev–Trinajstić information content (AvgIpc) is 3.24. The van der Waals surface area contributed by atoms with E-state index in [9.17, 15) is 9.59 Å². The maximum absolute atomic E-state index is 13.0. The standard InChI is InChI=1S/C19H16ClN5O3S/c1-4-28-19(27)13-15-16(29-17(13)21)10(3)25-18(26)14(9(2)24(15)25)23-22-12-8-6-5-7-11(12)20/h5-8,21H,4H2,1-3H3. The van der Waals surface area contributed by atoms with Crippen LogP contribution in [0.2, 0.25) is 5.02 Å². The second-order valence-corrected chi connectivity index (χ2v) is 7.73. The Morgan fingerprint density at radius 1 is 1.21 bits per heavy atom. The highest BCUT2D eigenvalue weighted by atomic mass is 35.5. The number of hydrogen-bond donors (Lipinski definition) is 1. The van der Waals surface area contributed by atoms with Crippen LogP contribution in [0.3, 0.4) is 0 Å². The summed E-state index contributed by atoms with van der Waals surface area (Å²) in [5.74, 6) is -0.587. The Balaban J connectivity index is 1.98. The number of hydrogen-bond acceptors (Lipinski definition) is 7. The van der Waals surface area contributed by atoms with E-state index in [-0.39, 0.29) is 28.1 Å². The predicted molar refractivity (Wildman–Crippen MR) is 110 cm³/mol. The molecule has 2 aliphatic rings. The maximum Gasteiger partial charge on any atom is 0.343 e. The summed E-state index contributed by atoms with van der Waals surface area (Å²) >= 11 is 7.25. The molecule has 0 aliphatic carbocycles. The molecule has 3 heterocycles. The van der Waals surface area contributed by atoms with Crippen LogP contribution in [-0.2, 0) is 4.74 Å². The van der Waals surface area contributed by atoms with E-state index in [2.05, 4.69) is 10.2 Å². The van der Waals surface area contributed by atoms with Gasteiger partial charge in [-0.3, -0.25) is 10.2 Å². The van der Waals surface area contributed by atoms with Gasteiger partial charge in [0, 0.05) is 0 Å². The van der Waals surface area contributed by atoms with E-state index < -0.39 is 5.97 Å². The van der Waals surface area contributed by atoms with Gasteiger partial charge in [0.1, 0.15) is 21.6 Å². The first-order chi connectivity index (χ1) is 13.9. The Morgan fingerprint density at radius 2 is 1.93 bits per heavy atom. The molecule has 29 heavy (non-hydrogen) atoms. The van der Waals surface area contributed by atoms with E-state index in [0.29, 0.717) is 32.7 Å². The topological polar surface area (TPSA) is 101 Å². The molecular formula is C19H16ClN5O3S. The van der Waals surface area contributed by atoms with E-state index >= 15 is 0 Å². The highest BCUT2D eigenvalue weighted by molar-refractivity contribution is 7.13. The van der Waals surface area contributed by atoms with Crippen molar-refractivity contribution in [3.63, 3.8) is 0 Å². The minimum atomic E-state index is -0.587. The number of aryl methyl sites for hydroxylation is 2. The second kappa shape index (κ2) is 7.09. The molecule has 0 unspecified atom stereocenters. The SMILES string of the molecule is CCOC(=O)c1c2n3c(C)c(N=Nc4ccccc4Cl)c(=O)n3c(C)c-2sc1=N. The minimum Gasteiger partial charge on any atom is -0.462 e. The van der Waals surface area contributed by atoms with Crippen molar-refractivity contribution in [2.24, 2.45) is 10.2 Å². The summed E-state index contributed by atoms with van der Waals surface area (Å²) in [7, 11) is 0. The molecule has 1 N–H and O–H groups in total. The van der Waals surface area contributed by atoms with Crippen LogP contribution in [0, 0.1) is 19.3 Å². The highest BCUT2D eigenvalue weighted by Crippen LogP contribution is 2.36. The van der Waals surface area contributed by atoms with Crippen LogP contribution >= 0.6 is 22.9 Å². The molecule has 0 saturated heterocycles. The number of ether oxygens (including phenoxy) is 1. The summed E-state index contributed by atoms with van der Waals surface area (Å²) in [6.07, 6.45) is 0. The van der Waals surface area contributed by atoms with Crippen molar-refractivity contribution in [2.45, 2.75) is 20.8 Å². The number of azo groups is 1. The van der Waals surface area contributed by atoms with E-state index in [0.717, 1.165) is 11.3 Å². The molecule has 4 rings (SSSR count). The summed E-state index contributed by atoms with van der Waals surface area (Å²) in [6, 6.07) is 6.94. The third-order valence-electron chi connectivity index (χ3n) is 4.59. The number of esters is 1. The summed E-state index contributed by atoms with van der Waals surface area (Å²) in [5.41, 5.74) is 1.98. The zero-order chi connectivity index (χ0) is 20.9. The molecule has 2 aliphatic heterocycles. The van der Waals surface area contributed by atoms with Crippen molar-refractivity contribution in [2.75, 3.05) is 6.61 Å². The van der Waals surface area contributed by atoms with Crippen LogP contribution < -0.4 is 10.2 Å². The van der Waals surface area contributed by atoms with Gasteiger partial charge in [-0.15, -0.1) is 21.6 Å². The Kier molecular flexibility index (Phi) is 4.71. The third kappa shape index (κ3) is 2.85. The van der Waals surface area contributed by atoms with Gasteiger partial charge < -0.3 is 4.74 Å².